The molecule has 0 unspecified atom stereocenters. The molecule has 3 aromatic rings. The summed E-state index contributed by atoms with van der Waals surface area (Å²) in [7, 11) is -3.67. The number of rotatable bonds is 7. The largest absolute Gasteiger partial charge is 0.457 e. The highest BCUT2D eigenvalue weighted by Gasteiger charge is 2.29. The molecular formula is C24H26N2O4S. The second kappa shape index (κ2) is 9.22. The number of carbonyl (C=O) groups is 1. The van der Waals surface area contributed by atoms with Crippen LogP contribution >= 0.6 is 0 Å². The zero-order chi connectivity index (χ0) is 22.6. The van der Waals surface area contributed by atoms with E-state index >= 15 is 0 Å². The Labute approximate surface area is 183 Å². The van der Waals surface area contributed by atoms with E-state index in [1.54, 1.807) is 43.3 Å². The van der Waals surface area contributed by atoms with Gasteiger partial charge in [0.15, 0.2) is 0 Å². The molecule has 0 saturated carbocycles. The smallest absolute Gasteiger partial charge is 0.247 e. The molecule has 3 rings (SSSR count). The number of benzene rings is 3. The number of nitrogens with one attached hydrogen (secondary N) is 1. The molecule has 0 aliphatic rings. The molecule has 0 bridgehead atoms. The summed E-state index contributed by atoms with van der Waals surface area (Å²) in [5.41, 5.74) is 3.01. The fraction of sp³-hybridized carbons (Fsp3) is 0.208. The van der Waals surface area contributed by atoms with E-state index in [-0.39, 0.29) is 0 Å². The van der Waals surface area contributed by atoms with E-state index in [9.17, 15) is 13.2 Å². The van der Waals surface area contributed by atoms with Crippen LogP contribution in [0.15, 0.2) is 72.8 Å². The lowest BCUT2D eigenvalue weighted by Gasteiger charge is -2.28. The summed E-state index contributed by atoms with van der Waals surface area (Å²) in [6, 6.07) is 20.7. The highest BCUT2D eigenvalue weighted by molar-refractivity contribution is 7.92. The van der Waals surface area contributed by atoms with Gasteiger partial charge in [0.1, 0.15) is 17.5 Å². The number of hydrogen-bond acceptors (Lipinski definition) is 4. The Morgan fingerprint density at radius 3 is 2.10 bits per heavy atom. The molecule has 31 heavy (non-hydrogen) atoms. The maximum Gasteiger partial charge on any atom is 0.247 e. The fourth-order valence-electron chi connectivity index (χ4n) is 3.15. The maximum absolute atomic E-state index is 12.9. The molecule has 3 aromatic carbocycles. The lowest BCUT2D eigenvalue weighted by atomic mass is 10.1. The predicted molar refractivity (Wildman–Crippen MR) is 124 cm³/mol. The van der Waals surface area contributed by atoms with Crippen molar-refractivity contribution in [1.82, 2.24) is 0 Å². The second-order valence-electron chi connectivity index (χ2n) is 7.43. The first-order chi connectivity index (χ1) is 14.6. The molecule has 6 nitrogen and oxygen atoms in total. The van der Waals surface area contributed by atoms with E-state index in [0.29, 0.717) is 22.9 Å². The van der Waals surface area contributed by atoms with Gasteiger partial charge in [-0.15, -0.1) is 0 Å². The lowest BCUT2D eigenvalue weighted by Crippen LogP contribution is -2.45. The monoisotopic (exact) mass is 438 g/mol. The molecular weight excluding hydrogens is 412 g/mol. The van der Waals surface area contributed by atoms with Crippen LogP contribution in [0.3, 0.4) is 0 Å². The van der Waals surface area contributed by atoms with Crippen LogP contribution in [-0.4, -0.2) is 26.6 Å². The molecule has 1 atom stereocenters. The van der Waals surface area contributed by atoms with Crippen LogP contribution in [0.5, 0.6) is 11.5 Å². The van der Waals surface area contributed by atoms with Crippen LogP contribution in [0.4, 0.5) is 11.4 Å². The van der Waals surface area contributed by atoms with E-state index in [0.717, 1.165) is 21.7 Å². The van der Waals surface area contributed by atoms with Gasteiger partial charge in [0.05, 0.1) is 11.9 Å². The van der Waals surface area contributed by atoms with Crippen LogP contribution in [0.2, 0.25) is 0 Å². The number of para-hydroxylation sites is 1. The highest BCUT2D eigenvalue weighted by Crippen LogP contribution is 2.25. The van der Waals surface area contributed by atoms with Gasteiger partial charge < -0.3 is 10.1 Å². The predicted octanol–water partition coefficient (Wildman–Crippen LogP) is 4.89. The van der Waals surface area contributed by atoms with E-state index in [2.05, 4.69) is 5.32 Å². The Bertz CT molecular complexity index is 1160. The third-order valence-corrected chi connectivity index (χ3v) is 6.18. The standard InChI is InChI=1S/C24H26N2O4S/c1-17-10-13-21(16-18(17)2)26(31(4,28)29)19(3)24(27)25-20-11-14-23(15-12-20)30-22-8-6-5-7-9-22/h5-16,19H,1-4H3,(H,25,27)/t19-/m1/s1. The van der Waals surface area contributed by atoms with Crippen molar-refractivity contribution < 1.29 is 17.9 Å². The molecule has 7 heteroatoms. The Balaban J connectivity index is 1.75. The van der Waals surface area contributed by atoms with E-state index in [1.165, 1.54) is 0 Å². The van der Waals surface area contributed by atoms with Crippen LogP contribution in [0, 0.1) is 13.8 Å². The topological polar surface area (TPSA) is 75.7 Å². The molecule has 0 saturated heterocycles. The van der Waals surface area contributed by atoms with Crippen molar-refractivity contribution in [3.63, 3.8) is 0 Å². The summed E-state index contributed by atoms with van der Waals surface area (Å²) in [6.07, 6.45) is 1.10. The molecule has 162 valence electrons. The zero-order valence-electron chi connectivity index (χ0n) is 18.0. The van der Waals surface area contributed by atoms with Gasteiger partial charge in [-0.25, -0.2) is 8.42 Å². The van der Waals surface area contributed by atoms with Crippen LogP contribution < -0.4 is 14.4 Å². The van der Waals surface area contributed by atoms with Crippen LogP contribution in [0.1, 0.15) is 18.1 Å². The summed E-state index contributed by atoms with van der Waals surface area (Å²) in [6.45, 7) is 5.42. The minimum atomic E-state index is -3.67. The molecule has 0 spiro atoms. The van der Waals surface area contributed by atoms with Gasteiger partial charge in [-0.3, -0.25) is 9.10 Å². The Kier molecular flexibility index (Phi) is 6.65. The summed E-state index contributed by atoms with van der Waals surface area (Å²) in [5, 5.41) is 2.78. The minimum absolute atomic E-state index is 0.430. The normalized spacial score (nSPS) is 12.1. The average Bonchev–Trinajstić information content (AvgIpc) is 2.72. The number of nitrogens with zero attached hydrogens (tertiary/aromatic N) is 1. The van der Waals surface area contributed by atoms with Gasteiger partial charge in [0, 0.05) is 5.69 Å². The molecule has 1 amide bonds. The highest BCUT2D eigenvalue weighted by atomic mass is 32.2. The van der Waals surface area contributed by atoms with Gasteiger partial charge in [0.2, 0.25) is 15.9 Å². The van der Waals surface area contributed by atoms with Gasteiger partial charge in [0.25, 0.3) is 0 Å². The van der Waals surface area contributed by atoms with Gasteiger partial charge in [-0.05, 0) is 80.4 Å². The van der Waals surface area contributed by atoms with Crippen LogP contribution in [-0.2, 0) is 14.8 Å². The van der Waals surface area contributed by atoms with Crippen molar-refractivity contribution in [1.29, 1.82) is 0 Å². The number of carbonyl (C=O) groups excluding carboxylic acids is 1. The zero-order valence-corrected chi connectivity index (χ0v) is 18.8. The number of amides is 1. The van der Waals surface area contributed by atoms with Crippen molar-refractivity contribution in [3.05, 3.63) is 83.9 Å². The number of ether oxygens (including phenoxy) is 1. The Morgan fingerprint density at radius 1 is 0.903 bits per heavy atom. The maximum atomic E-state index is 12.9. The molecule has 0 fully saturated rings. The summed E-state index contributed by atoms with van der Waals surface area (Å²) >= 11 is 0. The third kappa shape index (κ3) is 5.64. The minimum Gasteiger partial charge on any atom is -0.457 e. The third-order valence-electron chi connectivity index (χ3n) is 4.93. The van der Waals surface area contributed by atoms with Crippen molar-refractivity contribution in [2.75, 3.05) is 15.9 Å². The molecule has 0 aliphatic carbocycles. The lowest BCUT2D eigenvalue weighted by molar-refractivity contribution is -0.116. The first-order valence-electron chi connectivity index (χ1n) is 9.85. The van der Waals surface area contributed by atoms with Crippen LogP contribution in [0.25, 0.3) is 0 Å². The Hall–Kier alpha value is -3.32. The number of anilines is 2. The second-order valence-corrected chi connectivity index (χ2v) is 9.29. The van der Waals surface area contributed by atoms with Crippen molar-refractivity contribution in [3.8, 4) is 11.5 Å². The van der Waals surface area contributed by atoms with Gasteiger partial charge in [-0.2, -0.15) is 0 Å². The van der Waals surface area contributed by atoms with Crippen molar-refractivity contribution in [2.24, 2.45) is 0 Å². The van der Waals surface area contributed by atoms with E-state index in [4.69, 9.17) is 4.74 Å². The van der Waals surface area contributed by atoms with E-state index < -0.39 is 22.0 Å². The number of aryl methyl sites for hydroxylation is 2. The number of hydrogen-bond donors (Lipinski definition) is 1. The van der Waals surface area contributed by atoms with Gasteiger partial charge >= 0.3 is 0 Å². The van der Waals surface area contributed by atoms with E-state index in [1.807, 2.05) is 50.2 Å². The Morgan fingerprint density at radius 2 is 1.52 bits per heavy atom. The molecule has 0 aromatic heterocycles. The molecule has 0 radical (unpaired) electrons. The summed E-state index contributed by atoms with van der Waals surface area (Å²) in [4.78, 5) is 12.9. The quantitative estimate of drug-likeness (QED) is 0.570. The van der Waals surface area contributed by atoms with Crippen molar-refractivity contribution >= 4 is 27.3 Å². The average molecular weight is 439 g/mol. The van der Waals surface area contributed by atoms with Gasteiger partial charge in [-0.1, -0.05) is 24.3 Å². The summed E-state index contributed by atoms with van der Waals surface area (Å²) in [5.74, 6) is 0.913. The van der Waals surface area contributed by atoms with Crippen molar-refractivity contribution in [2.45, 2.75) is 26.8 Å². The number of sulfonamides is 1. The SMILES string of the molecule is Cc1ccc(N([C@H](C)C(=O)Nc2ccc(Oc3ccccc3)cc2)S(C)(=O)=O)cc1C. The first-order valence-corrected chi connectivity index (χ1v) is 11.7. The molecule has 1 N–H and O–H groups in total. The first kappa shape index (κ1) is 22.4. The fourth-order valence-corrected chi connectivity index (χ4v) is 4.32. The molecule has 0 aliphatic heterocycles. The molecule has 0 heterocycles. The summed E-state index contributed by atoms with van der Waals surface area (Å²) < 4.78 is 31.8.